The zero-order valence-electron chi connectivity index (χ0n) is 15.2. The van der Waals surface area contributed by atoms with E-state index in [1.807, 2.05) is 30.3 Å². The average Bonchev–Trinajstić information content (AvgIpc) is 2.59. The van der Waals surface area contributed by atoms with Crippen LogP contribution < -0.4 is 20.7 Å². The van der Waals surface area contributed by atoms with Crippen molar-refractivity contribution in [2.45, 2.75) is 26.2 Å². The third-order valence-electron chi connectivity index (χ3n) is 3.71. The van der Waals surface area contributed by atoms with Gasteiger partial charge in [-0.3, -0.25) is 4.98 Å². The number of ether oxygens (including phenoxy) is 1. The first-order chi connectivity index (χ1) is 11.9. The SMILES string of the molecule is COc1ccc(C(C)(C)C)cc1NC(=O)NCCNc1cccnc1. The smallest absolute Gasteiger partial charge is 0.319 e. The molecular weight excluding hydrogens is 316 g/mol. The summed E-state index contributed by atoms with van der Waals surface area (Å²) in [6.45, 7) is 7.48. The predicted octanol–water partition coefficient (Wildman–Crippen LogP) is 3.62. The Kier molecular flexibility index (Phi) is 6.22. The number of urea groups is 1. The molecule has 1 heterocycles. The van der Waals surface area contributed by atoms with Gasteiger partial charge in [0.05, 0.1) is 18.5 Å². The lowest BCUT2D eigenvalue weighted by molar-refractivity contribution is 0.252. The van der Waals surface area contributed by atoms with Gasteiger partial charge in [0.15, 0.2) is 0 Å². The van der Waals surface area contributed by atoms with Crippen molar-refractivity contribution in [3.05, 3.63) is 48.3 Å². The Morgan fingerprint density at radius 2 is 2.00 bits per heavy atom. The summed E-state index contributed by atoms with van der Waals surface area (Å²) in [5.41, 5.74) is 2.70. The first-order valence-electron chi connectivity index (χ1n) is 8.27. The molecule has 25 heavy (non-hydrogen) atoms. The summed E-state index contributed by atoms with van der Waals surface area (Å²) in [7, 11) is 1.59. The Balaban J connectivity index is 1.89. The zero-order valence-corrected chi connectivity index (χ0v) is 15.2. The largest absolute Gasteiger partial charge is 0.495 e. The number of anilines is 2. The monoisotopic (exact) mass is 342 g/mol. The molecule has 0 radical (unpaired) electrons. The maximum absolute atomic E-state index is 12.1. The van der Waals surface area contributed by atoms with Crippen LogP contribution in [0.25, 0.3) is 0 Å². The standard InChI is InChI=1S/C19H26N4O2/c1-19(2,3)14-7-8-17(25-4)16(12-14)23-18(24)22-11-10-21-15-6-5-9-20-13-15/h5-9,12-13,21H,10-11H2,1-4H3,(H2,22,23,24). The second-order valence-corrected chi connectivity index (χ2v) is 6.71. The lowest BCUT2D eigenvalue weighted by Gasteiger charge is -2.21. The summed E-state index contributed by atoms with van der Waals surface area (Å²) in [6.07, 6.45) is 3.46. The molecule has 2 aromatic rings. The Morgan fingerprint density at radius 1 is 1.20 bits per heavy atom. The summed E-state index contributed by atoms with van der Waals surface area (Å²) in [5.74, 6) is 0.636. The second kappa shape index (κ2) is 8.37. The van der Waals surface area contributed by atoms with E-state index >= 15 is 0 Å². The molecule has 0 saturated heterocycles. The van der Waals surface area contributed by atoms with E-state index in [1.165, 1.54) is 0 Å². The van der Waals surface area contributed by atoms with Gasteiger partial charge in [-0.05, 0) is 35.2 Å². The van der Waals surface area contributed by atoms with Crippen LogP contribution in [0.15, 0.2) is 42.7 Å². The van der Waals surface area contributed by atoms with Crippen LogP contribution in [0.2, 0.25) is 0 Å². The van der Waals surface area contributed by atoms with Crippen LogP contribution in [-0.4, -0.2) is 31.2 Å². The molecule has 0 aliphatic carbocycles. The van der Waals surface area contributed by atoms with E-state index < -0.39 is 0 Å². The summed E-state index contributed by atoms with van der Waals surface area (Å²) < 4.78 is 5.34. The van der Waals surface area contributed by atoms with E-state index in [0.717, 1.165) is 11.3 Å². The van der Waals surface area contributed by atoms with Crippen LogP contribution in [0, 0.1) is 0 Å². The first kappa shape index (κ1) is 18.6. The molecule has 2 rings (SSSR count). The van der Waals surface area contributed by atoms with Crippen molar-refractivity contribution in [3.63, 3.8) is 0 Å². The molecule has 134 valence electrons. The minimum absolute atomic E-state index is 0.00713. The highest BCUT2D eigenvalue weighted by atomic mass is 16.5. The number of benzene rings is 1. The second-order valence-electron chi connectivity index (χ2n) is 6.71. The number of hydrogen-bond donors (Lipinski definition) is 3. The molecule has 0 atom stereocenters. The van der Waals surface area contributed by atoms with Crippen molar-refractivity contribution in [2.75, 3.05) is 30.8 Å². The van der Waals surface area contributed by atoms with Crippen molar-refractivity contribution < 1.29 is 9.53 Å². The maximum Gasteiger partial charge on any atom is 0.319 e. The molecule has 0 bridgehead atoms. The minimum Gasteiger partial charge on any atom is -0.495 e. The summed E-state index contributed by atoms with van der Waals surface area (Å²) in [6, 6.07) is 9.36. The molecule has 6 nitrogen and oxygen atoms in total. The molecule has 3 N–H and O–H groups in total. The lowest BCUT2D eigenvalue weighted by Crippen LogP contribution is -2.32. The van der Waals surface area contributed by atoms with Crippen LogP contribution in [0.5, 0.6) is 5.75 Å². The van der Waals surface area contributed by atoms with E-state index in [1.54, 1.807) is 19.5 Å². The molecule has 1 aromatic carbocycles. The summed E-state index contributed by atoms with van der Waals surface area (Å²) in [5, 5.41) is 8.87. The van der Waals surface area contributed by atoms with Crippen molar-refractivity contribution in [1.82, 2.24) is 10.3 Å². The van der Waals surface area contributed by atoms with Crippen LogP contribution in [-0.2, 0) is 5.41 Å². The number of hydrogen-bond acceptors (Lipinski definition) is 4. The molecule has 0 fully saturated rings. The van der Waals surface area contributed by atoms with Gasteiger partial charge in [0, 0.05) is 25.5 Å². The van der Waals surface area contributed by atoms with E-state index in [0.29, 0.717) is 24.5 Å². The van der Waals surface area contributed by atoms with Crippen molar-refractivity contribution in [3.8, 4) is 5.75 Å². The Morgan fingerprint density at radius 3 is 2.64 bits per heavy atom. The summed E-state index contributed by atoms with van der Waals surface area (Å²) in [4.78, 5) is 16.2. The van der Waals surface area contributed by atoms with Crippen LogP contribution in [0.4, 0.5) is 16.2 Å². The number of nitrogens with one attached hydrogen (secondary N) is 3. The lowest BCUT2D eigenvalue weighted by atomic mass is 9.87. The molecule has 2 amide bonds. The molecule has 6 heteroatoms. The quantitative estimate of drug-likeness (QED) is 0.701. The number of methoxy groups -OCH3 is 1. The fourth-order valence-electron chi connectivity index (χ4n) is 2.29. The number of pyridine rings is 1. The maximum atomic E-state index is 12.1. The number of rotatable bonds is 6. The Labute approximate surface area is 149 Å². The normalized spacial score (nSPS) is 10.9. The molecule has 1 aromatic heterocycles. The van der Waals surface area contributed by atoms with Gasteiger partial charge < -0.3 is 20.7 Å². The summed E-state index contributed by atoms with van der Waals surface area (Å²) >= 11 is 0. The third kappa shape index (κ3) is 5.67. The predicted molar refractivity (Wildman–Crippen MR) is 101 cm³/mol. The fourth-order valence-corrected chi connectivity index (χ4v) is 2.29. The number of nitrogens with zero attached hydrogens (tertiary/aromatic N) is 1. The van der Waals surface area contributed by atoms with E-state index in [4.69, 9.17) is 4.74 Å². The molecule has 0 aliphatic rings. The van der Waals surface area contributed by atoms with E-state index in [-0.39, 0.29) is 11.4 Å². The Hall–Kier alpha value is -2.76. The first-order valence-corrected chi connectivity index (χ1v) is 8.27. The van der Waals surface area contributed by atoms with Gasteiger partial charge in [-0.25, -0.2) is 4.79 Å². The van der Waals surface area contributed by atoms with Gasteiger partial charge in [-0.2, -0.15) is 0 Å². The van der Waals surface area contributed by atoms with Crippen LogP contribution in [0.3, 0.4) is 0 Å². The topological polar surface area (TPSA) is 75.3 Å². The van der Waals surface area contributed by atoms with Gasteiger partial charge in [-0.15, -0.1) is 0 Å². The Bertz CT molecular complexity index is 696. The molecular formula is C19H26N4O2. The van der Waals surface area contributed by atoms with Gasteiger partial charge >= 0.3 is 6.03 Å². The van der Waals surface area contributed by atoms with E-state index in [2.05, 4.69) is 41.7 Å². The molecule has 0 saturated carbocycles. The molecule has 0 aliphatic heterocycles. The minimum atomic E-state index is -0.266. The van der Waals surface area contributed by atoms with Crippen molar-refractivity contribution in [1.29, 1.82) is 0 Å². The number of carbonyl (C=O) groups is 1. The highest BCUT2D eigenvalue weighted by molar-refractivity contribution is 5.91. The number of amides is 2. The van der Waals surface area contributed by atoms with Crippen LogP contribution in [0.1, 0.15) is 26.3 Å². The highest BCUT2D eigenvalue weighted by Gasteiger charge is 2.16. The molecule has 0 unspecified atom stereocenters. The molecule has 0 spiro atoms. The third-order valence-corrected chi connectivity index (χ3v) is 3.71. The number of carbonyl (C=O) groups excluding carboxylic acids is 1. The van der Waals surface area contributed by atoms with Gasteiger partial charge in [0.1, 0.15) is 5.75 Å². The van der Waals surface area contributed by atoms with Gasteiger partial charge in [0.25, 0.3) is 0 Å². The van der Waals surface area contributed by atoms with Gasteiger partial charge in [-0.1, -0.05) is 26.8 Å². The number of aromatic nitrogens is 1. The van der Waals surface area contributed by atoms with Crippen molar-refractivity contribution >= 4 is 17.4 Å². The fraction of sp³-hybridized carbons (Fsp3) is 0.368. The average molecular weight is 342 g/mol. The van der Waals surface area contributed by atoms with E-state index in [9.17, 15) is 4.79 Å². The van der Waals surface area contributed by atoms with Crippen LogP contribution >= 0.6 is 0 Å². The van der Waals surface area contributed by atoms with Crippen molar-refractivity contribution in [2.24, 2.45) is 0 Å². The van der Waals surface area contributed by atoms with Gasteiger partial charge in [0.2, 0.25) is 0 Å². The highest BCUT2D eigenvalue weighted by Crippen LogP contribution is 2.31. The zero-order chi connectivity index (χ0) is 18.3.